The van der Waals surface area contributed by atoms with E-state index in [2.05, 4.69) is 20.9 Å². The summed E-state index contributed by atoms with van der Waals surface area (Å²) < 4.78 is 21.6. The van der Waals surface area contributed by atoms with E-state index in [4.69, 9.17) is 33.7 Å². The first-order valence-corrected chi connectivity index (χ1v) is 10.6. The Kier molecular flexibility index (Phi) is 5.94. The normalized spacial score (nSPS) is 11.0. The molecule has 162 valence electrons. The number of anilines is 1. The van der Waals surface area contributed by atoms with Crippen LogP contribution in [0.1, 0.15) is 26.3 Å². The van der Waals surface area contributed by atoms with Crippen molar-refractivity contribution in [1.29, 1.82) is 0 Å². The standard InChI is InChI=1S/C22H13BrCl2FN3O3/c1-32-20-16(27)6-5-15(26)18(20)19(30)12-9-29(21-11(12)7-10(23)8-28-21)22(31)17-13(24)3-2-4-14(17)25/h2-9H,27H2,1H3. The minimum atomic E-state index is -0.814. The second kappa shape index (κ2) is 8.54. The number of methoxy groups -OCH3 is 1. The second-order valence-electron chi connectivity index (χ2n) is 6.71. The molecule has 4 rings (SSSR count). The minimum Gasteiger partial charge on any atom is -0.494 e. The van der Waals surface area contributed by atoms with E-state index in [-0.39, 0.29) is 43.8 Å². The molecule has 32 heavy (non-hydrogen) atoms. The van der Waals surface area contributed by atoms with E-state index in [1.54, 1.807) is 12.1 Å². The van der Waals surface area contributed by atoms with Crippen LogP contribution in [0.2, 0.25) is 10.0 Å². The first-order valence-electron chi connectivity index (χ1n) is 9.06. The maximum absolute atomic E-state index is 14.7. The van der Waals surface area contributed by atoms with Gasteiger partial charge in [0.1, 0.15) is 17.0 Å². The molecule has 0 aliphatic carbocycles. The molecule has 0 aliphatic heterocycles. The first kappa shape index (κ1) is 22.3. The summed E-state index contributed by atoms with van der Waals surface area (Å²) in [6.45, 7) is 0. The Morgan fingerprint density at radius 2 is 1.84 bits per heavy atom. The van der Waals surface area contributed by atoms with Crippen molar-refractivity contribution >= 4 is 67.5 Å². The lowest BCUT2D eigenvalue weighted by molar-refractivity contribution is 0.0964. The molecule has 0 radical (unpaired) electrons. The van der Waals surface area contributed by atoms with Gasteiger partial charge in [0, 0.05) is 22.3 Å². The van der Waals surface area contributed by atoms with Gasteiger partial charge in [-0.25, -0.2) is 9.37 Å². The number of nitrogen functional groups attached to an aromatic ring is 1. The second-order valence-corrected chi connectivity index (χ2v) is 8.44. The summed E-state index contributed by atoms with van der Waals surface area (Å²) in [6.07, 6.45) is 2.74. The summed E-state index contributed by atoms with van der Waals surface area (Å²) in [5, 5.41) is 0.584. The molecule has 0 aliphatic rings. The number of carbonyl (C=O) groups is 2. The maximum Gasteiger partial charge on any atom is 0.266 e. The van der Waals surface area contributed by atoms with Crippen molar-refractivity contribution in [3.63, 3.8) is 0 Å². The molecule has 0 unspecified atom stereocenters. The van der Waals surface area contributed by atoms with E-state index in [0.717, 1.165) is 10.6 Å². The fraction of sp³-hybridized carbons (Fsp3) is 0.0455. The third kappa shape index (κ3) is 3.64. The number of fused-ring (bicyclic) bond motifs is 1. The Bertz CT molecular complexity index is 1400. The predicted octanol–water partition coefficient (Wildman–Crippen LogP) is 5.76. The van der Waals surface area contributed by atoms with Gasteiger partial charge in [-0.05, 0) is 46.3 Å². The highest BCUT2D eigenvalue weighted by Gasteiger charge is 2.28. The van der Waals surface area contributed by atoms with Crippen LogP contribution in [-0.2, 0) is 0 Å². The number of nitrogens with zero attached hydrogens (tertiary/aromatic N) is 2. The number of hydrogen-bond donors (Lipinski definition) is 1. The molecule has 2 aromatic carbocycles. The number of halogens is 4. The Morgan fingerprint density at radius 1 is 1.16 bits per heavy atom. The van der Waals surface area contributed by atoms with Gasteiger partial charge >= 0.3 is 0 Å². The van der Waals surface area contributed by atoms with Gasteiger partial charge in [0.15, 0.2) is 5.75 Å². The highest BCUT2D eigenvalue weighted by atomic mass is 79.9. The van der Waals surface area contributed by atoms with Crippen molar-refractivity contribution in [2.24, 2.45) is 0 Å². The molecule has 0 saturated heterocycles. The van der Waals surface area contributed by atoms with E-state index in [1.807, 2.05) is 0 Å². The zero-order valence-electron chi connectivity index (χ0n) is 16.3. The molecule has 0 amide bonds. The third-order valence-electron chi connectivity index (χ3n) is 4.82. The number of nitrogens with two attached hydrogens (primary N) is 1. The van der Waals surface area contributed by atoms with Gasteiger partial charge in [0.25, 0.3) is 5.91 Å². The van der Waals surface area contributed by atoms with E-state index < -0.39 is 17.5 Å². The average molecular weight is 537 g/mol. The molecule has 0 fully saturated rings. The van der Waals surface area contributed by atoms with Gasteiger partial charge in [0.05, 0.1) is 34.0 Å². The molecule has 10 heteroatoms. The molecule has 0 atom stereocenters. The van der Waals surface area contributed by atoms with Crippen molar-refractivity contribution in [3.8, 4) is 5.75 Å². The van der Waals surface area contributed by atoms with Crippen molar-refractivity contribution in [3.05, 3.63) is 85.8 Å². The zero-order valence-corrected chi connectivity index (χ0v) is 19.4. The summed E-state index contributed by atoms with van der Waals surface area (Å²) in [5.74, 6) is -2.24. The quantitative estimate of drug-likeness (QED) is 0.265. The van der Waals surface area contributed by atoms with Crippen LogP contribution in [0.3, 0.4) is 0 Å². The number of hydrogen-bond acceptors (Lipinski definition) is 5. The smallest absolute Gasteiger partial charge is 0.266 e. The highest BCUT2D eigenvalue weighted by Crippen LogP contribution is 2.34. The monoisotopic (exact) mass is 535 g/mol. The van der Waals surface area contributed by atoms with Crippen molar-refractivity contribution < 1.29 is 18.7 Å². The molecular formula is C22H13BrCl2FN3O3. The average Bonchev–Trinajstić information content (AvgIpc) is 3.13. The lowest BCUT2D eigenvalue weighted by Gasteiger charge is -2.11. The zero-order chi connectivity index (χ0) is 23.2. The van der Waals surface area contributed by atoms with Crippen LogP contribution in [0, 0.1) is 5.82 Å². The van der Waals surface area contributed by atoms with Crippen LogP contribution in [0.5, 0.6) is 5.75 Å². The van der Waals surface area contributed by atoms with E-state index in [0.29, 0.717) is 9.86 Å². The molecule has 0 bridgehead atoms. The number of rotatable bonds is 4. The predicted molar refractivity (Wildman–Crippen MR) is 124 cm³/mol. The lowest BCUT2D eigenvalue weighted by Crippen LogP contribution is -2.13. The van der Waals surface area contributed by atoms with Crippen LogP contribution in [0.15, 0.2) is 53.3 Å². The summed E-state index contributed by atoms with van der Waals surface area (Å²) in [5.41, 5.74) is 5.84. The number of ether oxygens (including phenoxy) is 1. The number of carbonyl (C=O) groups excluding carboxylic acids is 2. The number of pyridine rings is 1. The Balaban J connectivity index is 1.98. The summed E-state index contributed by atoms with van der Waals surface area (Å²) in [4.78, 5) is 31.0. The van der Waals surface area contributed by atoms with Crippen molar-refractivity contribution in [2.45, 2.75) is 0 Å². The van der Waals surface area contributed by atoms with Crippen molar-refractivity contribution in [1.82, 2.24) is 9.55 Å². The van der Waals surface area contributed by atoms with Crippen LogP contribution in [0.4, 0.5) is 10.1 Å². The van der Waals surface area contributed by atoms with Crippen LogP contribution < -0.4 is 10.5 Å². The number of aromatic nitrogens is 2. The summed E-state index contributed by atoms with van der Waals surface area (Å²) in [7, 11) is 1.28. The maximum atomic E-state index is 14.7. The Morgan fingerprint density at radius 3 is 2.50 bits per heavy atom. The van der Waals surface area contributed by atoms with E-state index in [1.165, 1.54) is 37.7 Å². The molecule has 0 saturated carbocycles. The van der Waals surface area contributed by atoms with Crippen LogP contribution in [0.25, 0.3) is 11.0 Å². The largest absolute Gasteiger partial charge is 0.494 e. The van der Waals surface area contributed by atoms with Gasteiger partial charge in [-0.15, -0.1) is 0 Å². The first-order chi connectivity index (χ1) is 15.2. The van der Waals surface area contributed by atoms with Gasteiger partial charge < -0.3 is 10.5 Å². The molecule has 0 spiro atoms. The number of ketones is 1. The van der Waals surface area contributed by atoms with Gasteiger partial charge in [-0.1, -0.05) is 29.3 Å². The van der Waals surface area contributed by atoms with Crippen LogP contribution >= 0.6 is 39.1 Å². The van der Waals surface area contributed by atoms with Crippen LogP contribution in [-0.4, -0.2) is 28.4 Å². The third-order valence-corrected chi connectivity index (χ3v) is 5.88. The molecular weight excluding hydrogens is 524 g/mol. The van der Waals surface area contributed by atoms with Gasteiger partial charge in [-0.3, -0.25) is 14.2 Å². The fourth-order valence-corrected chi connectivity index (χ4v) is 4.27. The Labute approximate surface area is 199 Å². The highest BCUT2D eigenvalue weighted by molar-refractivity contribution is 9.10. The number of benzene rings is 2. The van der Waals surface area contributed by atoms with E-state index >= 15 is 0 Å². The van der Waals surface area contributed by atoms with Crippen molar-refractivity contribution in [2.75, 3.05) is 12.8 Å². The fourth-order valence-electron chi connectivity index (χ4n) is 3.38. The summed E-state index contributed by atoms with van der Waals surface area (Å²) >= 11 is 15.7. The lowest BCUT2D eigenvalue weighted by atomic mass is 10.0. The molecule has 2 N–H and O–H groups in total. The SMILES string of the molecule is COc1c(N)ccc(F)c1C(=O)c1cn(C(=O)c2c(Cl)cccc2Cl)c2ncc(Br)cc12. The molecule has 2 aromatic heterocycles. The topological polar surface area (TPSA) is 87.2 Å². The molecule has 6 nitrogen and oxygen atoms in total. The van der Waals surface area contributed by atoms with E-state index in [9.17, 15) is 14.0 Å². The van der Waals surface area contributed by atoms with Gasteiger partial charge in [-0.2, -0.15) is 0 Å². The Hall–Kier alpha value is -2.94. The van der Waals surface area contributed by atoms with Gasteiger partial charge in [0.2, 0.25) is 5.78 Å². The molecule has 2 heterocycles. The minimum absolute atomic E-state index is 0.0214. The molecule has 4 aromatic rings. The summed E-state index contributed by atoms with van der Waals surface area (Å²) in [6, 6.07) is 8.63.